The third-order valence-electron chi connectivity index (χ3n) is 3.17. The molecule has 3 heteroatoms. The summed E-state index contributed by atoms with van der Waals surface area (Å²) in [6, 6.07) is 25.3. The molecule has 0 radical (unpaired) electrons. The first kappa shape index (κ1) is 14.7. The summed E-state index contributed by atoms with van der Waals surface area (Å²) in [5, 5.41) is 0.651. The third kappa shape index (κ3) is 3.49. The van der Waals surface area contributed by atoms with Crippen LogP contribution in [0.2, 0.25) is 0 Å². The van der Waals surface area contributed by atoms with Crippen molar-refractivity contribution in [2.24, 2.45) is 0 Å². The number of hydrogen-bond donors (Lipinski definition) is 0. The van der Waals surface area contributed by atoms with E-state index in [4.69, 9.17) is 9.47 Å². The van der Waals surface area contributed by atoms with Crippen LogP contribution < -0.4 is 9.47 Å². The van der Waals surface area contributed by atoms with Crippen LogP contribution in [0.1, 0.15) is 5.56 Å². The van der Waals surface area contributed by atoms with Gasteiger partial charge in [-0.15, -0.1) is 0 Å². The zero-order valence-corrected chi connectivity index (χ0v) is 13.5. The molecule has 3 aromatic carbocycles. The zero-order valence-electron chi connectivity index (χ0n) is 11.9. The zero-order chi connectivity index (χ0) is 15.2. The predicted octanol–water partition coefficient (Wildman–Crippen LogP) is 6.17. The molecule has 3 aromatic rings. The van der Waals surface area contributed by atoms with Gasteiger partial charge in [-0.1, -0.05) is 58.4 Å². The summed E-state index contributed by atoms with van der Waals surface area (Å²) in [4.78, 5) is 0. The molecule has 0 saturated heterocycles. The van der Waals surface area contributed by atoms with Crippen LogP contribution in [0.5, 0.6) is 23.0 Å². The molecule has 0 atom stereocenters. The Kier molecular flexibility index (Phi) is 4.76. The summed E-state index contributed by atoms with van der Waals surface area (Å²) in [7, 11) is 0. The first-order valence-corrected chi connectivity index (χ1v) is 8.12. The Hall–Kier alpha value is -2.26. The number of benzene rings is 3. The van der Waals surface area contributed by atoms with E-state index in [9.17, 15) is 0 Å². The molecule has 0 aliphatic carbocycles. The monoisotopic (exact) mass is 354 g/mol. The Labute approximate surface area is 138 Å². The van der Waals surface area contributed by atoms with Gasteiger partial charge in [0.25, 0.3) is 0 Å². The van der Waals surface area contributed by atoms with Crippen LogP contribution in [0.3, 0.4) is 0 Å². The van der Waals surface area contributed by atoms with Gasteiger partial charge in [0, 0.05) is 10.9 Å². The summed E-state index contributed by atoms with van der Waals surface area (Å²) in [6.45, 7) is 0. The molecule has 0 bridgehead atoms. The molecular formula is C19H15BrO2. The quantitative estimate of drug-likeness (QED) is 0.510. The van der Waals surface area contributed by atoms with E-state index in [1.54, 1.807) is 0 Å². The largest absolute Gasteiger partial charge is 0.457 e. The van der Waals surface area contributed by atoms with Gasteiger partial charge >= 0.3 is 0 Å². The van der Waals surface area contributed by atoms with Crippen molar-refractivity contribution in [3.8, 4) is 23.0 Å². The minimum atomic E-state index is 0.651. The number of halogens is 1. The molecule has 0 aliphatic heterocycles. The third-order valence-corrected chi connectivity index (χ3v) is 3.73. The lowest BCUT2D eigenvalue weighted by molar-refractivity contribution is 0.453. The topological polar surface area (TPSA) is 18.5 Å². The van der Waals surface area contributed by atoms with Crippen LogP contribution >= 0.6 is 15.9 Å². The van der Waals surface area contributed by atoms with Crippen LogP contribution in [0.4, 0.5) is 0 Å². The van der Waals surface area contributed by atoms with Gasteiger partial charge in [0.05, 0.1) is 0 Å². The van der Waals surface area contributed by atoms with Crippen molar-refractivity contribution < 1.29 is 9.47 Å². The predicted molar refractivity (Wildman–Crippen MR) is 92.1 cm³/mol. The molecular weight excluding hydrogens is 340 g/mol. The fourth-order valence-electron chi connectivity index (χ4n) is 2.10. The van der Waals surface area contributed by atoms with E-state index in [2.05, 4.69) is 15.9 Å². The summed E-state index contributed by atoms with van der Waals surface area (Å²) in [5.74, 6) is 3.19. The van der Waals surface area contributed by atoms with E-state index < -0.39 is 0 Å². The van der Waals surface area contributed by atoms with Crippen molar-refractivity contribution in [1.29, 1.82) is 0 Å². The molecule has 22 heavy (non-hydrogen) atoms. The van der Waals surface area contributed by atoms with Gasteiger partial charge in [-0.2, -0.15) is 0 Å². The molecule has 0 aromatic heterocycles. The highest BCUT2D eigenvalue weighted by Gasteiger charge is 2.11. The molecule has 0 fully saturated rings. The number of para-hydroxylation sites is 2. The SMILES string of the molecule is BrCc1c(Oc2ccccc2)cccc1Oc1ccccc1. The second kappa shape index (κ2) is 7.14. The van der Waals surface area contributed by atoms with Crippen LogP contribution in [0.25, 0.3) is 0 Å². The van der Waals surface area contributed by atoms with Crippen molar-refractivity contribution >= 4 is 15.9 Å². The maximum Gasteiger partial charge on any atom is 0.135 e. The first-order chi connectivity index (χ1) is 10.9. The highest BCUT2D eigenvalue weighted by Crippen LogP contribution is 2.35. The van der Waals surface area contributed by atoms with Gasteiger partial charge in [-0.3, -0.25) is 0 Å². The molecule has 0 unspecified atom stereocenters. The van der Waals surface area contributed by atoms with Gasteiger partial charge in [0.1, 0.15) is 23.0 Å². The van der Waals surface area contributed by atoms with Gasteiger partial charge in [-0.05, 0) is 36.4 Å². The van der Waals surface area contributed by atoms with E-state index in [1.165, 1.54) is 0 Å². The molecule has 2 nitrogen and oxygen atoms in total. The molecule has 0 amide bonds. The van der Waals surface area contributed by atoms with Gasteiger partial charge < -0.3 is 9.47 Å². The summed E-state index contributed by atoms with van der Waals surface area (Å²) >= 11 is 3.53. The van der Waals surface area contributed by atoms with E-state index in [1.807, 2.05) is 78.9 Å². The lowest BCUT2D eigenvalue weighted by atomic mass is 10.2. The lowest BCUT2D eigenvalue weighted by Crippen LogP contribution is -1.94. The Bertz CT molecular complexity index is 667. The molecule has 110 valence electrons. The summed E-state index contributed by atoms with van der Waals surface area (Å²) in [5.41, 5.74) is 0.982. The van der Waals surface area contributed by atoms with Crippen LogP contribution in [-0.2, 0) is 5.33 Å². The number of rotatable bonds is 5. The molecule has 0 heterocycles. The van der Waals surface area contributed by atoms with Crippen LogP contribution in [0, 0.1) is 0 Å². The summed E-state index contributed by atoms with van der Waals surface area (Å²) in [6.07, 6.45) is 0. The first-order valence-electron chi connectivity index (χ1n) is 7.00. The van der Waals surface area contributed by atoms with Gasteiger partial charge in [-0.25, -0.2) is 0 Å². The van der Waals surface area contributed by atoms with E-state index in [0.717, 1.165) is 28.6 Å². The number of ether oxygens (including phenoxy) is 2. The highest BCUT2D eigenvalue weighted by molar-refractivity contribution is 9.08. The minimum absolute atomic E-state index is 0.651. The molecule has 0 saturated carbocycles. The average molecular weight is 355 g/mol. The van der Waals surface area contributed by atoms with E-state index >= 15 is 0 Å². The van der Waals surface area contributed by atoms with Crippen molar-refractivity contribution in [2.75, 3.05) is 0 Å². The standard InChI is InChI=1S/C19H15BrO2/c20-14-17-18(21-15-8-3-1-4-9-15)12-7-13-19(17)22-16-10-5-2-6-11-16/h1-13H,14H2. The fourth-order valence-corrected chi connectivity index (χ4v) is 2.65. The number of alkyl halides is 1. The Morgan fingerprint density at radius 3 is 1.45 bits per heavy atom. The normalized spacial score (nSPS) is 10.2. The smallest absolute Gasteiger partial charge is 0.135 e. The van der Waals surface area contributed by atoms with Crippen molar-refractivity contribution in [3.63, 3.8) is 0 Å². The second-order valence-electron chi connectivity index (χ2n) is 4.70. The van der Waals surface area contributed by atoms with Gasteiger partial charge in [0.15, 0.2) is 0 Å². The van der Waals surface area contributed by atoms with Crippen LogP contribution in [0.15, 0.2) is 78.9 Å². The van der Waals surface area contributed by atoms with Gasteiger partial charge in [0.2, 0.25) is 0 Å². The second-order valence-corrected chi connectivity index (χ2v) is 5.26. The number of hydrogen-bond acceptors (Lipinski definition) is 2. The Balaban J connectivity index is 1.90. The minimum Gasteiger partial charge on any atom is -0.457 e. The lowest BCUT2D eigenvalue weighted by Gasteiger charge is -2.14. The van der Waals surface area contributed by atoms with E-state index in [-0.39, 0.29) is 0 Å². The molecule has 0 aliphatic rings. The fraction of sp³-hybridized carbons (Fsp3) is 0.0526. The molecule has 0 N–H and O–H groups in total. The molecule has 0 spiro atoms. The highest BCUT2D eigenvalue weighted by atomic mass is 79.9. The van der Waals surface area contributed by atoms with Crippen LogP contribution in [-0.4, -0.2) is 0 Å². The Morgan fingerprint density at radius 2 is 1.05 bits per heavy atom. The Morgan fingerprint density at radius 1 is 0.591 bits per heavy atom. The summed E-state index contributed by atoms with van der Waals surface area (Å²) < 4.78 is 11.9. The van der Waals surface area contributed by atoms with Crippen molar-refractivity contribution in [3.05, 3.63) is 84.4 Å². The van der Waals surface area contributed by atoms with Crippen molar-refractivity contribution in [1.82, 2.24) is 0 Å². The van der Waals surface area contributed by atoms with Crippen molar-refractivity contribution in [2.45, 2.75) is 5.33 Å². The molecule has 3 rings (SSSR count). The maximum atomic E-state index is 5.97. The van der Waals surface area contributed by atoms with E-state index in [0.29, 0.717) is 5.33 Å². The average Bonchev–Trinajstić information content (AvgIpc) is 2.57. The maximum absolute atomic E-state index is 5.97.